The summed E-state index contributed by atoms with van der Waals surface area (Å²) >= 11 is 0. The van der Waals surface area contributed by atoms with Gasteiger partial charge in [0.15, 0.2) is 0 Å². The highest BCUT2D eigenvalue weighted by Crippen LogP contribution is 2.43. The summed E-state index contributed by atoms with van der Waals surface area (Å²) in [6.45, 7) is 18.8. The summed E-state index contributed by atoms with van der Waals surface area (Å²) < 4.78 is 6.74. The molecule has 0 N–H and O–H groups in total. The van der Waals surface area contributed by atoms with Gasteiger partial charge in [0.2, 0.25) is 8.32 Å². The molecule has 0 aromatic heterocycles. The molecular weight excluding hydrogens is 248 g/mol. The van der Waals surface area contributed by atoms with Crippen LogP contribution in [0, 0.1) is 0 Å². The molecular formula is C17H38OSi. The van der Waals surface area contributed by atoms with Crippen molar-refractivity contribution in [2.75, 3.05) is 0 Å². The van der Waals surface area contributed by atoms with Crippen molar-refractivity contribution in [3.05, 3.63) is 0 Å². The van der Waals surface area contributed by atoms with Crippen LogP contribution in [0.15, 0.2) is 0 Å². The van der Waals surface area contributed by atoms with Crippen molar-refractivity contribution in [1.29, 1.82) is 0 Å². The first kappa shape index (κ1) is 19.2. The molecule has 0 radical (unpaired) electrons. The fraction of sp³-hybridized carbons (Fsp3) is 1.00. The Bertz CT molecular complexity index is 202. The van der Waals surface area contributed by atoms with Crippen LogP contribution in [0.2, 0.25) is 16.6 Å². The van der Waals surface area contributed by atoms with Gasteiger partial charge in [0.05, 0.1) is 0 Å². The number of unbranched alkanes of at least 4 members (excludes halogenated alkanes) is 3. The van der Waals surface area contributed by atoms with Crippen LogP contribution in [0.25, 0.3) is 0 Å². The summed E-state index contributed by atoms with van der Waals surface area (Å²) in [6, 6.07) is 0. The van der Waals surface area contributed by atoms with Gasteiger partial charge in [-0.15, -0.1) is 0 Å². The minimum absolute atomic E-state index is 0.440. The molecule has 1 atom stereocenters. The molecule has 1 unspecified atom stereocenters. The highest BCUT2D eigenvalue weighted by atomic mass is 28.4. The molecule has 0 aliphatic rings. The van der Waals surface area contributed by atoms with Crippen molar-refractivity contribution in [3.63, 3.8) is 0 Å². The zero-order valence-electron chi connectivity index (χ0n) is 14.8. The van der Waals surface area contributed by atoms with Gasteiger partial charge in [-0.2, -0.15) is 0 Å². The molecule has 19 heavy (non-hydrogen) atoms. The van der Waals surface area contributed by atoms with Gasteiger partial charge in [0.1, 0.15) is 0 Å². The summed E-state index contributed by atoms with van der Waals surface area (Å²) in [7, 11) is -1.66. The Balaban J connectivity index is 4.56. The molecule has 0 aliphatic carbocycles. The standard InChI is InChI=1S/C17H38OSi/c1-9-10-11-12-13-17(8)18-19(14(2)3,15(4)5)16(6)7/h14-17H,9-13H2,1-8H3. The van der Waals surface area contributed by atoms with E-state index in [0.29, 0.717) is 22.7 Å². The highest BCUT2D eigenvalue weighted by Gasteiger charge is 2.45. The summed E-state index contributed by atoms with van der Waals surface area (Å²) in [5.41, 5.74) is 2.10. The second-order valence-corrected chi connectivity index (χ2v) is 12.5. The second kappa shape index (κ2) is 9.18. The fourth-order valence-electron chi connectivity index (χ4n) is 3.67. The largest absolute Gasteiger partial charge is 0.413 e. The minimum atomic E-state index is -1.66. The molecule has 0 saturated carbocycles. The molecule has 0 aromatic rings. The maximum Gasteiger partial charge on any atom is 0.200 e. The van der Waals surface area contributed by atoms with E-state index < -0.39 is 8.32 Å². The first-order valence-corrected chi connectivity index (χ1v) is 10.6. The Labute approximate surface area is 123 Å². The molecule has 0 bridgehead atoms. The molecule has 0 heterocycles. The smallest absolute Gasteiger partial charge is 0.200 e. The Morgan fingerprint density at radius 2 is 1.21 bits per heavy atom. The Hall–Kier alpha value is 0.177. The van der Waals surface area contributed by atoms with Crippen molar-refractivity contribution >= 4 is 8.32 Å². The van der Waals surface area contributed by atoms with Crippen molar-refractivity contribution in [3.8, 4) is 0 Å². The molecule has 2 heteroatoms. The van der Waals surface area contributed by atoms with Crippen LogP contribution in [-0.4, -0.2) is 14.4 Å². The van der Waals surface area contributed by atoms with E-state index in [2.05, 4.69) is 55.4 Å². The van der Waals surface area contributed by atoms with E-state index in [-0.39, 0.29) is 0 Å². The van der Waals surface area contributed by atoms with Gasteiger partial charge in [-0.3, -0.25) is 0 Å². The van der Waals surface area contributed by atoms with Gasteiger partial charge in [-0.25, -0.2) is 0 Å². The van der Waals surface area contributed by atoms with E-state index in [9.17, 15) is 0 Å². The van der Waals surface area contributed by atoms with E-state index in [4.69, 9.17) is 4.43 Å². The van der Waals surface area contributed by atoms with Gasteiger partial charge < -0.3 is 4.43 Å². The lowest BCUT2D eigenvalue weighted by atomic mass is 10.1. The van der Waals surface area contributed by atoms with Gasteiger partial charge in [-0.1, -0.05) is 74.1 Å². The van der Waals surface area contributed by atoms with Crippen LogP contribution < -0.4 is 0 Å². The van der Waals surface area contributed by atoms with Crippen LogP contribution in [0.1, 0.15) is 87.5 Å². The van der Waals surface area contributed by atoms with Gasteiger partial charge in [-0.05, 0) is 30.0 Å². The summed E-state index contributed by atoms with van der Waals surface area (Å²) in [5, 5.41) is 0. The van der Waals surface area contributed by atoms with Crippen LogP contribution in [0.5, 0.6) is 0 Å². The highest BCUT2D eigenvalue weighted by molar-refractivity contribution is 6.77. The molecule has 0 aromatic carbocycles. The summed E-state index contributed by atoms with van der Waals surface area (Å²) in [5.74, 6) is 0. The van der Waals surface area contributed by atoms with E-state index in [0.717, 1.165) is 0 Å². The average Bonchev–Trinajstić information content (AvgIpc) is 2.30. The maximum absolute atomic E-state index is 6.74. The lowest BCUT2D eigenvalue weighted by Gasteiger charge is -2.44. The fourth-order valence-corrected chi connectivity index (χ4v) is 9.31. The Kier molecular flexibility index (Phi) is 9.26. The normalized spacial score (nSPS) is 14.7. The van der Waals surface area contributed by atoms with E-state index in [1.54, 1.807) is 0 Å². The van der Waals surface area contributed by atoms with Crippen molar-refractivity contribution < 1.29 is 4.43 Å². The third-order valence-corrected chi connectivity index (χ3v) is 10.8. The second-order valence-electron chi connectivity index (χ2n) is 7.10. The summed E-state index contributed by atoms with van der Waals surface area (Å²) in [4.78, 5) is 0. The van der Waals surface area contributed by atoms with Gasteiger partial charge in [0, 0.05) is 6.10 Å². The molecule has 116 valence electrons. The lowest BCUT2D eigenvalue weighted by Crippen LogP contribution is -2.49. The van der Waals surface area contributed by atoms with Gasteiger partial charge >= 0.3 is 0 Å². The Morgan fingerprint density at radius 1 is 0.737 bits per heavy atom. The number of hydrogen-bond acceptors (Lipinski definition) is 1. The predicted molar refractivity (Wildman–Crippen MR) is 90.4 cm³/mol. The monoisotopic (exact) mass is 286 g/mol. The molecule has 0 rings (SSSR count). The number of rotatable bonds is 10. The van der Waals surface area contributed by atoms with Crippen LogP contribution >= 0.6 is 0 Å². The maximum atomic E-state index is 6.74. The first-order valence-electron chi connectivity index (χ1n) is 8.46. The van der Waals surface area contributed by atoms with Crippen molar-refractivity contribution in [2.24, 2.45) is 0 Å². The lowest BCUT2D eigenvalue weighted by molar-refractivity contribution is 0.178. The van der Waals surface area contributed by atoms with E-state index in [1.807, 2.05) is 0 Å². The molecule has 0 spiro atoms. The summed E-state index contributed by atoms with van der Waals surface area (Å²) in [6.07, 6.45) is 7.06. The topological polar surface area (TPSA) is 9.23 Å². The van der Waals surface area contributed by atoms with Crippen LogP contribution in [-0.2, 0) is 4.43 Å². The Morgan fingerprint density at radius 3 is 1.58 bits per heavy atom. The number of hydrogen-bond donors (Lipinski definition) is 0. The third kappa shape index (κ3) is 5.59. The quantitative estimate of drug-likeness (QED) is 0.327. The zero-order valence-corrected chi connectivity index (χ0v) is 15.8. The van der Waals surface area contributed by atoms with Crippen LogP contribution in [0.4, 0.5) is 0 Å². The SMILES string of the molecule is CCCCCCC(C)O[Si](C(C)C)(C(C)C)C(C)C. The third-order valence-electron chi connectivity index (χ3n) is 4.58. The zero-order chi connectivity index (χ0) is 15.1. The molecule has 0 saturated heterocycles. The van der Waals surface area contributed by atoms with Crippen molar-refractivity contribution in [1.82, 2.24) is 0 Å². The molecule has 0 aliphatic heterocycles. The first-order chi connectivity index (χ1) is 8.78. The molecule has 1 nitrogen and oxygen atoms in total. The minimum Gasteiger partial charge on any atom is -0.413 e. The van der Waals surface area contributed by atoms with E-state index >= 15 is 0 Å². The predicted octanol–water partition coefficient (Wildman–Crippen LogP) is 6.54. The van der Waals surface area contributed by atoms with E-state index in [1.165, 1.54) is 32.1 Å². The van der Waals surface area contributed by atoms with Crippen LogP contribution in [0.3, 0.4) is 0 Å². The molecule has 0 amide bonds. The van der Waals surface area contributed by atoms with Gasteiger partial charge in [0.25, 0.3) is 0 Å². The molecule has 0 fully saturated rings. The van der Waals surface area contributed by atoms with Crippen molar-refractivity contribution in [2.45, 2.75) is 110 Å². The average molecular weight is 287 g/mol.